The van der Waals surface area contributed by atoms with Gasteiger partial charge in [0.2, 0.25) is 11.1 Å². The second kappa shape index (κ2) is 8.68. The quantitative estimate of drug-likeness (QED) is 0.556. The predicted octanol–water partition coefficient (Wildman–Crippen LogP) is 3.89. The molecule has 0 spiro atoms. The molecule has 1 unspecified atom stereocenters. The lowest BCUT2D eigenvalue weighted by Crippen LogP contribution is -2.29. The summed E-state index contributed by atoms with van der Waals surface area (Å²) < 4.78 is 12.4. The lowest BCUT2D eigenvalue weighted by molar-refractivity contribution is -0.139. The maximum Gasteiger partial charge on any atom is 0.338 e. The Labute approximate surface area is 169 Å². The van der Waals surface area contributed by atoms with Crippen molar-refractivity contribution in [3.63, 3.8) is 0 Å². The largest absolute Gasteiger partial charge is 0.497 e. The average molecular weight is 403 g/mol. The van der Waals surface area contributed by atoms with Gasteiger partial charge in [0.15, 0.2) is 0 Å². The normalized spacial score (nSPS) is 16.0. The van der Waals surface area contributed by atoms with Gasteiger partial charge < -0.3 is 14.8 Å². The first kappa shape index (κ1) is 20.3. The van der Waals surface area contributed by atoms with Crippen LogP contribution >= 0.6 is 11.8 Å². The fourth-order valence-corrected chi connectivity index (χ4v) is 3.78. The zero-order valence-electron chi connectivity index (χ0n) is 16.9. The Balaban J connectivity index is 2.05. The summed E-state index contributed by atoms with van der Waals surface area (Å²) in [4.78, 5) is 17.4. The van der Waals surface area contributed by atoms with Crippen LogP contribution in [0.3, 0.4) is 0 Å². The molecule has 0 amide bonds. The molecule has 2 aromatic rings. The molecule has 1 aromatic heterocycles. The number of carbonyl (C=O) groups excluding carboxylic acids is 1. The molecule has 0 aliphatic carbocycles. The zero-order chi connectivity index (χ0) is 20.3. The van der Waals surface area contributed by atoms with Crippen molar-refractivity contribution in [1.29, 1.82) is 0 Å². The lowest BCUT2D eigenvalue weighted by atomic mass is 9.96. The molecule has 150 valence electrons. The summed E-state index contributed by atoms with van der Waals surface area (Å²) in [6, 6.07) is 7.21. The van der Waals surface area contributed by atoms with Gasteiger partial charge in [0.05, 0.1) is 19.3 Å². The SMILES string of the molecule is CCOC(=O)C1=C(C)Nc2nc(SCC(C)C)nn2C1c1ccc(OC)cc1. The Bertz CT molecular complexity index is 874. The smallest absolute Gasteiger partial charge is 0.338 e. The minimum Gasteiger partial charge on any atom is -0.497 e. The first-order valence-electron chi connectivity index (χ1n) is 9.32. The topological polar surface area (TPSA) is 78.3 Å². The molecular formula is C20H26N4O3S. The third-order valence-electron chi connectivity index (χ3n) is 4.31. The fourth-order valence-electron chi connectivity index (χ4n) is 3.00. The Hall–Kier alpha value is -2.48. The summed E-state index contributed by atoms with van der Waals surface area (Å²) >= 11 is 1.61. The minimum atomic E-state index is -0.415. The highest BCUT2D eigenvalue weighted by Gasteiger charge is 2.35. The van der Waals surface area contributed by atoms with Gasteiger partial charge in [-0.3, -0.25) is 0 Å². The van der Waals surface area contributed by atoms with Gasteiger partial charge in [-0.2, -0.15) is 4.98 Å². The summed E-state index contributed by atoms with van der Waals surface area (Å²) in [6.45, 7) is 8.29. The highest BCUT2D eigenvalue weighted by atomic mass is 32.2. The number of aromatic nitrogens is 3. The molecule has 2 heterocycles. The predicted molar refractivity (Wildman–Crippen MR) is 110 cm³/mol. The minimum absolute atomic E-state index is 0.310. The highest BCUT2D eigenvalue weighted by Crippen LogP contribution is 2.37. The number of benzene rings is 1. The third kappa shape index (κ3) is 4.16. The van der Waals surface area contributed by atoms with Crippen LogP contribution in [0.4, 0.5) is 5.95 Å². The summed E-state index contributed by atoms with van der Waals surface area (Å²) in [5, 5.41) is 8.58. The van der Waals surface area contributed by atoms with E-state index in [2.05, 4.69) is 29.2 Å². The van der Waals surface area contributed by atoms with Crippen LogP contribution < -0.4 is 10.1 Å². The first-order valence-corrected chi connectivity index (χ1v) is 10.3. The van der Waals surface area contributed by atoms with Crippen molar-refractivity contribution in [3.8, 4) is 5.75 Å². The van der Waals surface area contributed by atoms with Crippen molar-refractivity contribution in [2.24, 2.45) is 5.92 Å². The van der Waals surface area contributed by atoms with Crippen molar-refractivity contribution in [2.75, 3.05) is 24.8 Å². The van der Waals surface area contributed by atoms with Crippen LogP contribution in [0.1, 0.15) is 39.3 Å². The van der Waals surface area contributed by atoms with Crippen LogP contribution in [0.15, 0.2) is 40.7 Å². The van der Waals surface area contributed by atoms with Gasteiger partial charge in [0.1, 0.15) is 11.8 Å². The number of ether oxygens (including phenoxy) is 2. The lowest BCUT2D eigenvalue weighted by Gasteiger charge is -2.28. The molecule has 3 rings (SSSR count). The Morgan fingerprint density at radius 3 is 2.64 bits per heavy atom. The van der Waals surface area contributed by atoms with Crippen LogP contribution in [0, 0.1) is 5.92 Å². The number of rotatable bonds is 7. The summed E-state index contributed by atoms with van der Waals surface area (Å²) in [6.07, 6.45) is 0. The van der Waals surface area contributed by atoms with Gasteiger partial charge in [-0.15, -0.1) is 5.10 Å². The fraction of sp³-hybridized carbons (Fsp3) is 0.450. The number of hydrogen-bond acceptors (Lipinski definition) is 7. The number of nitrogens with zero attached hydrogens (tertiary/aromatic N) is 3. The highest BCUT2D eigenvalue weighted by molar-refractivity contribution is 7.99. The summed E-state index contributed by atoms with van der Waals surface area (Å²) in [5.41, 5.74) is 2.17. The average Bonchev–Trinajstić information content (AvgIpc) is 3.08. The second-order valence-corrected chi connectivity index (χ2v) is 7.91. The molecule has 0 saturated heterocycles. The number of hydrogen-bond donors (Lipinski definition) is 1. The van der Waals surface area contributed by atoms with E-state index in [1.165, 1.54) is 0 Å². The Morgan fingerprint density at radius 2 is 2.04 bits per heavy atom. The third-order valence-corrected chi connectivity index (χ3v) is 5.57. The zero-order valence-corrected chi connectivity index (χ0v) is 17.7. The van der Waals surface area contributed by atoms with Crippen LogP contribution in [0.2, 0.25) is 0 Å². The van der Waals surface area contributed by atoms with E-state index in [4.69, 9.17) is 9.47 Å². The molecule has 1 N–H and O–H groups in total. The maximum atomic E-state index is 12.7. The van der Waals surface area contributed by atoms with Crippen molar-refractivity contribution in [1.82, 2.24) is 14.8 Å². The van der Waals surface area contributed by atoms with E-state index in [1.54, 1.807) is 30.5 Å². The number of fused-ring (bicyclic) bond motifs is 1. The molecule has 0 fully saturated rings. The molecule has 1 atom stereocenters. The van der Waals surface area contributed by atoms with Gasteiger partial charge in [-0.05, 0) is 37.5 Å². The number of esters is 1. The summed E-state index contributed by atoms with van der Waals surface area (Å²) in [7, 11) is 1.63. The van der Waals surface area contributed by atoms with Gasteiger partial charge >= 0.3 is 5.97 Å². The monoisotopic (exact) mass is 402 g/mol. The van der Waals surface area contributed by atoms with E-state index in [1.807, 2.05) is 31.2 Å². The molecule has 0 saturated carbocycles. The van der Waals surface area contributed by atoms with E-state index in [0.717, 1.165) is 22.8 Å². The van der Waals surface area contributed by atoms with Gasteiger partial charge in [0.25, 0.3) is 0 Å². The summed E-state index contributed by atoms with van der Waals surface area (Å²) in [5.74, 6) is 2.48. The molecule has 8 heteroatoms. The van der Waals surface area contributed by atoms with Crippen molar-refractivity contribution >= 4 is 23.7 Å². The van der Waals surface area contributed by atoms with Crippen LogP contribution in [-0.4, -0.2) is 40.2 Å². The molecule has 7 nitrogen and oxygen atoms in total. The first-order chi connectivity index (χ1) is 13.4. The van der Waals surface area contributed by atoms with Crippen molar-refractivity contribution in [3.05, 3.63) is 41.1 Å². The molecule has 0 radical (unpaired) electrons. The van der Waals surface area contributed by atoms with E-state index in [-0.39, 0.29) is 5.97 Å². The molecule has 28 heavy (non-hydrogen) atoms. The van der Waals surface area contributed by atoms with Crippen molar-refractivity contribution < 1.29 is 14.3 Å². The molecule has 1 aliphatic rings. The van der Waals surface area contributed by atoms with E-state index in [0.29, 0.717) is 29.2 Å². The number of allylic oxidation sites excluding steroid dienone is 1. The Morgan fingerprint density at radius 1 is 1.32 bits per heavy atom. The van der Waals surface area contributed by atoms with Crippen molar-refractivity contribution in [2.45, 2.75) is 38.9 Å². The van der Waals surface area contributed by atoms with Gasteiger partial charge in [0, 0.05) is 11.4 Å². The second-order valence-electron chi connectivity index (χ2n) is 6.93. The van der Waals surface area contributed by atoms with Gasteiger partial charge in [-0.25, -0.2) is 9.48 Å². The van der Waals surface area contributed by atoms with E-state index < -0.39 is 6.04 Å². The molecular weight excluding hydrogens is 376 g/mol. The van der Waals surface area contributed by atoms with E-state index >= 15 is 0 Å². The number of carbonyl (C=O) groups is 1. The number of methoxy groups -OCH3 is 1. The molecule has 0 bridgehead atoms. The van der Waals surface area contributed by atoms with E-state index in [9.17, 15) is 4.79 Å². The van der Waals surface area contributed by atoms with Crippen LogP contribution in [-0.2, 0) is 9.53 Å². The number of anilines is 1. The van der Waals surface area contributed by atoms with Crippen LogP contribution in [0.25, 0.3) is 0 Å². The molecule has 1 aliphatic heterocycles. The number of nitrogens with one attached hydrogen (secondary N) is 1. The maximum absolute atomic E-state index is 12.7. The molecule has 1 aromatic carbocycles. The Kier molecular flexibility index (Phi) is 6.28. The van der Waals surface area contributed by atoms with Crippen LogP contribution in [0.5, 0.6) is 5.75 Å². The number of thioether (sulfide) groups is 1. The van der Waals surface area contributed by atoms with Gasteiger partial charge in [-0.1, -0.05) is 37.7 Å². The standard InChI is InChI=1S/C20H26N4O3S/c1-6-27-18(25)16-13(4)21-19-22-20(28-11-12(2)3)23-24(19)17(16)14-7-9-15(26-5)10-8-14/h7-10,12,17H,6,11H2,1-5H3,(H,21,22,23).